The lowest BCUT2D eigenvalue weighted by Gasteiger charge is -2.26. The lowest BCUT2D eigenvalue weighted by molar-refractivity contribution is 0.595. The van der Waals surface area contributed by atoms with Gasteiger partial charge in [-0.05, 0) is 31.5 Å². The van der Waals surface area contributed by atoms with Crippen LogP contribution in [-0.2, 0) is 9.84 Å². The largest absolute Gasteiger partial charge is 0.370 e. The first-order valence-corrected chi connectivity index (χ1v) is 8.53. The molecule has 0 amide bonds. The van der Waals surface area contributed by atoms with Crippen molar-refractivity contribution in [3.8, 4) is 0 Å². The van der Waals surface area contributed by atoms with Gasteiger partial charge in [-0.25, -0.2) is 8.42 Å². The van der Waals surface area contributed by atoms with Crippen molar-refractivity contribution in [3.05, 3.63) is 29.8 Å². The first kappa shape index (κ1) is 16.0. The smallest absolute Gasteiger partial charge is 0.151 e. The van der Waals surface area contributed by atoms with Crippen LogP contribution in [0.4, 0.5) is 5.69 Å². The van der Waals surface area contributed by atoms with Crippen molar-refractivity contribution >= 4 is 15.5 Å². The predicted molar refractivity (Wildman–Crippen MR) is 81.4 cm³/mol. The number of benzene rings is 1. The molecule has 0 aliphatic heterocycles. The molecule has 0 aliphatic carbocycles. The average Bonchev–Trinajstić information content (AvgIpc) is 2.40. The summed E-state index contributed by atoms with van der Waals surface area (Å²) in [6.07, 6.45) is 0.862. The van der Waals surface area contributed by atoms with Gasteiger partial charge < -0.3 is 10.6 Å². The molecular formula is C14H24N2O2S. The van der Waals surface area contributed by atoms with Crippen molar-refractivity contribution in [2.24, 2.45) is 5.73 Å². The standard InChI is InChI=1S/C14H24N2O2S/c1-3-19(17,18)12-11-16(10-6-9-15)14-8-5-4-7-13(14)2/h4-5,7-8H,3,6,9-12,15H2,1-2H3. The fraction of sp³-hybridized carbons (Fsp3) is 0.571. The Labute approximate surface area is 116 Å². The summed E-state index contributed by atoms with van der Waals surface area (Å²) in [6, 6.07) is 8.04. The summed E-state index contributed by atoms with van der Waals surface area (Å²) in [5, 5.41) is 0. The second-order valence-electron chi connectivity index (χ2n) is 4.65. The Kier molecular flexibility index (Phi) is 6.31. The van der Waals surface area contributed by atoms with E-state index in [0.717, 1.165) is 24.2 Å². The van der Waals surface area contributed by atoms with Crippen LogP contribution in [0.3, 0.4) is 0 Å². The van der Waals surface area contributed by atoms with Crippen LogP contribution >= 0.6 is 0 Å². The Balaban J connectivity index is 2.81. The summed E-state index contributed by atoms with van der Waals surface area (Å²) in [7, 11) is -2.93. The zero-order valence-corrected chi connectivity index (χ0v) is 12.6. The van der Waals surface area contributed by atoms with Crippen LogP contribution in [0.2, 0.25) is 0 Å². The van der Waals surface area contributed by atoms with Gasteiger partial charge in [0.15, 0.2) is 9.84 Å². The van der Waals surface area contributed by atoms with E-state index in [1.165, 1.54) is 0 Å². The van der Waals surface area contributed by atoms with E-state index in [1.807, 2.05) is 31.2 Å². The van der Waals surface area contributed by atoms with Gasteiger partial charge in [0.25, 0.3) is 0 Å². The molecule has 0 unspecified atom stereocenters. The summed E-state index contributed by atoms with van der Waals surface area (Å²) in [5.41, 5.74) is 7.82. The highest BCUT2D eigenvalue weighted by molar-refractivity contribution is 7.91. The van der Waals surface area contributed by atoms with E-state index in [9.17, 15) is 8.42 Å². The first-order valence-electron chi connectivity index (χ1n) is 6.71. The van der Waals surface area contributed by atoms with Crippen LogP contribution in [0.15, 0.2) is 24.3 Å². The lowest BCUT2D eigenvalue weighted by Crippen LogP contribution is -2.32. The minimum atomic E-state index is -2.93. The van der Waals surface area contributed by atoms with Gasteiger partial charge in [-0.2, -0.15) is 0 Å². The highest BCUT2D eigenvalue weighted by Gasteiger charge is 2.13. The van der Waals surface area contributed by atoms with E-state index in [1.54, 1.807) is 6.92 Å². The molecule has 0 saturated heterocycles. The molecule has 0 fully saturated rings. The molecule has 1 aromatic rings. The van der Waals surface area contributed by atoms with Gasteiger partial charge in [-0.15, -0.1) is 0 Å². The highest BCUT2D eigenvalue weighted by Crippen LogP contribution is 2.19. The topological polar surface area (TPSA) is 63.4 Å². The van der Waals surface area contributed by atoms with Crippen LogP contribution < -0.4 is 10.6 Å². The molecular weight excluding hydrogens is 260 g/mol. The van der Waals surface area contributed by atoms with Crippen LogP contribution in [0.25, 0.3) is 0 Å². The minimum absolute atomic E-state index is 0.197. The number of hydrogen-bond donors (Lipinski definition) is 1. The number of nitrogens with zero attached hydrogens (tertiary/aromatic N) is 1. The molecule has 5 heteroatoms. The van der Waals surface area contributed by atoms with E-state index in [0.29, 0.717) is 13.1 Å². The van der Waals surface area contributed by atoms with Crippen molar-refractivity contribution < 1.29 is 8.42 Å². The van der Waals surface area contributed by atoms with Gasteiger partial charge in [0.2, 0.25) is 0 Å². The van der Waals surface area contributed by atoms with Gasteiger partial charge in [-0.3, -0.25) is 0 Å². The van der Waals surface area contributed by atoms with E-state index in [4.69, 9.17) is 5.73 Å². The molecule has 0 bridgehead atoms. The Hall–Kier alpha value is -1.07. The Morgan fingerprint density at radius 2 is 1.89 bits per heavy atom. The maximum atomic E-state index is 11.6. The number of aryl methyl sites for hydroxylation is 1. The number of hydrogen-bond acceptors (Lipinski definition) is 4. The summed E-state index contributed by atoms with van der Waals surface area (Å²) < 4.78 is 23.3. The number of nitrogens with two attached hydrogens (primary N) is 1. The molecule has 1 rings (SSSR count). The van der Waals surface area contributed by atoms with Crippen molar-refractivity contribution in [2.75, 3.05) is 36.0 Å². The lowest BCUT2D eigenvalue weighted by atomic mass is 10.1. The van der Waals surface area contributed by atoms with Crippen LogP contribution in [-0.4, -0.2) is 39.6 Å². The molecule has 2 N–H and O–H groups in total. The maximum Gasteiger partial charge on any atom is 0.151 e. The fourth-order valence-electron chi connectivity index (χ4n) is 1.95. The second kappa shape index (κ2) is 7.50. The van der Waals surface area contributed by atoms with Gasteiger partial charge in [0.05, 0.1) is 5.75 Å². The Morgan fingerprint density at radius 1 is 1.21 bits per heavy atom. The Morgan fingerprint density at radius 3 is 2.47 bits per heavy atom. The normalized spacial score (nSPS) is 11.5. The number of sulfone groups is 1. The van der Waals surface area contributed by atoms with E-state index in [2.05, 4.69) is 4.90 Å². The van der Waals surface area contributed by atoms with Gasteiger partial charge in [-0.1, -0.05) is 25.1 Å². The third kappa shape index (κ3) is 5.20. The molecule has 108 valence electrons. The van der Waals surface area contributed by atoms with Crippen molar-refractivity contribution in [3.63, 3.8) is 0 Å². The quantitative estimate of drug-likeness (QED) is 0.787. The average molecular weight is 284 g/mol. The van der Waals surface area contributed by atoms with Crippen molar-refractivity contribution in [1.82, 2.24) is 0 Å². The molecule has 4 nitrogen and oxygen atoms in total. The summed E-state index contributed by atoms with van der Waals surface area (Å²) in [5.74, 6) is 0.397. The number of anilines is 1. The van der Waals surface area contributed by atoms with Crippen LogP contribution in [0.5, 0.6) is 0 Å². The van der Waals surface area contributed by atoms with E-state index in [-0.39, 0.29) is 11.5 Å². The first-order chi connectivity index (χ1) is 9.00. The van der Waals surface area contributed by atoms with Crippen LogP contribution in [0, 0.1) is 6.92 Å². The molecule has 0 spiro atoms. The minimum Gasteiger partial charge on any atom is -0.370 e. The summed E-state index contributed by atoms with van der Waals surface area (Å²) >= 11 is 0. The van der Waals surface area contributed by atoms with Gasteiger partial charge in [0.1, 0.15) is 0 Å². The zero-order chi connectivity index (χ0) is 14.3. The van der Waals surface area contributed by atoms with Crippen molar-refractivity contribution in [1.29, 1.82) is 0 Å². The number of para-hydroxylation sites is 1. The molecule has 0 aliphatic rings. The van der Waals surface area contributed by atoms with E-state index < -0.39 is 9.84 Å². The Bertz CT molecular complexity index is 486. The molecule has 0 saturated carbocycles. The summed E-state index contributed by atoms with van der Waals surface area (Å²) in [4.78, 5) is 2.12. The monoisotopic (exact) mass is 284 g/mol. The molecule has 0 radical (unpaired) electrons. The van der Waals surface area contributed by atoms with Gasteiger partial charge >= 0.3 is 0 Å². The van der Waals surface area contributed by atoms with E-state index >= 15 is 0 Å². The zero-order valence-electron chi connectivity index (χ0n) is 11.8. The third-order valence-corrected chi connectivity index (χ3v) is 4.88. The molecule has 19 heavy (non-hydrogen) atoms. The van der Waals surface area contributed by atoms with Gasteiger partial charge in [0, 0.05) is 24.5 Å². The molecule has 0 aromatic heterocycles. The highest BCUT2D eigenvalue weighted by atomic mass is 32.2. The second-order valence-corrected chi connectivity index (χ2v) is 7.12. The SMILES string of the molecule is CCS(=O)(=O)CCN(CCCN)c1ccccc1C. The van der Waals surface area contributed by atoms with Crippen LogP contribution in [0.1, 0.15) is 18.9 Å². The summed E-state index contributed by atoms with van der Waals surface area (Å²) in [6.45, 7) is 5.66. The fourth-order valence-corrected chi connectivity index (χ4v) is 2.73. The molecule has 1 aromatic carbocycles. The maximum absolute atomic E-state index is 11.6. The molecule has 0 heterocycles. The predicted octanol–water partition coefficient (Wildman–Crippen LogP) is 1.58. The van der Waals surface area contributed by atoms with Crippen molar-refractivity contribution in [2.45, 2.75) is 20.3 Å². The molecule has 0 atom stereocenters. The number of rotatable bonds is 8. The third-order valence-electron chi connectivity index (χ3n) is 3.20.